The largest absolute Gasteiger partial charge is 0.481 e. The van der Waals surface area contributed by atoms with Crippen LogP contribution in [0.25, 0.3) is 0 Å². The average Bonchev–Trinajstić information content (AvgIpc) is 3.04. The number of nitrogens with two attached hydrogens (primary N) is 1. The van der Waals surface area contributed by atoms with E-state index in [9.17, 15) is 26.4 Å². The molecule has 53 heavy (non-hydrogen) atoms. The molecular formula is C38H48Br2N4O7S2. The highest BCUT2D eigenvalue weighted by molar-refractivity contribution is 9.10. The van der Waals surface area contributed by atoms with Gasteiger partial charge in [0.2, 0.25) is 26.0 Å². The molecule has 11 nitrogen and oxygen atoms in total. The summed E-state index contributed by atoms with van der Waals surface area (Å²) in [7, 11) is -7.39. The number of hydrogen-bond donors (Lipinski definition) is 5. The Kier molecular flexibility index (Phi) is 17.5. The number of halogens is 2. The smallest absolute Gasteiger partial charge is 0.307 e. The molecule has 288 valence electrons. The predicted octanol–water partition coefficient (Wildman–Crippen LogP) is 6.68. The molecule has 6 N–H and O–H groups in total. The van der Waals surface area contributed by atoms with Gasteiger partial charge in [-0.25, -0.2) is 26.3 Å². The maximum Gasteiger partial charge on any atom is 0.307 e. The Morgan fingerprint density at radius 2 is 1.02 bits per heavy atom. The molecule has 15 heteroatoms. The molecule has 0 aliphatic rings. The van der Waals surface area contributed by atoms with Gasteiger partial charge in [0.25, 0.3) is 0 Å². The second kappa shape index (κ2) is 20.3. The Bertz CT molecular complexity index is 2030. The van der Waals surface area contributed by atoms with Gasteiger partial charge in [-0.15, -0.1) is 0 Å². The molecule has 0 fully saturated rings. The number of sulfonamides is 2. The van der Waals surface area contributed by atoms with Gasteiger partial charge in [-0.05, 0) is 120 Å². The first-order chi connectivity index (χ1) is 24.5. The molecule has 0 radical (unpaired) electrons. The third-order valence-corrected chi connectivity index (χ3v) is 12.1. The molecule has 4 rings (SSSR count). The summed E-state index contributed by atoms with van der Waals surface area (Å²) in [6.45, 7) is 11.6. The van der Waals surface area contributed by atoms with E-state index >= 15 is 0 Å². The molecule has 0 aromatic heterocycles. The Balaban J connectivity index is 0.000000313. The van der Waals surface area contributed by atoms with Gasteiger partial charge in [-0.3, -0.25) is 9.59 Å². The number of nitrogens with one attached hydrogen (secondary N) is 3. The summed E-state index contributed by atoms with van der Waals surface area (Å²) < 4.78 is 55.6. The van der Waals surface area contributed by atoms with Crippen LogP contribution in [0.4, 0.5) is 0 Å². The van der Waals surface area contributed by atoms with E-state index in [1.165, 1.54) is 23.8 Å². The number of benzene rings is 4. The molecule has 4 aromatic rings. The maximum absolute atomic E-state index is 12.6. The zero-order chi connectivity index (χ0) is 40.0. The summed E-state index contributed by atoms with van der Waals surface area (Å²) in [6, 6.07) is 29.0. The van der Waals surface area contributed by atoms with Crippen molar-refractivity contribution < 1.29 is 31.5 Å². The van der Waals surface area contributed by atoms with E-state index in [-0.39, 0.29) is 28.5 Å². The van der Waals surface area contributed by atoms with E-state index in [4.69, 9.17) is 10.8 Å². The lowest BCUT2D eigenvalue weighted by molar-refractivity contribution is -0.136. The van der Waals surface area contributed by atoms with Crippen LogP contribution in [0.1, 0.15) is 63.8 Å². The van der Waals surface area contributed by atoms with Crippen molar-refractivity contribution in [3.05, 3.63) is 128 Å². The minimum atomic E-state index is -3.70. The lowest BCUT2D eigenvalue weighted by atomic mass is 10.1. The Morgan fingerprint density at radius 3 is 1.38 bits per heavy atom. The number of aliphatic carboxylic acids is 1. The summed E-state index contributed by atoms with van der Waals surface area (Å²) in [5.74, 6) is -1.17. The third-order valence-electron chi connectivity index (χ3n) is 6.58. The van der Waals surface area contributed by atoms with Crippen molar-refractivity contribution in [1.82, 2.24) is 14.8 Å². The first kappa shape index (κ1) is 45.7. The second-order valence-electron chi connectivity index (χ2n) is 13.9. The van der Waals surface area contributed by atoms with Gasteiger partial charge in [0.15, 0.2) is 0 Å². The van der Waals surface area contributed by atoms with Gasteiger partial charge in [-0.2, -0.15) is 0 Å². The molecule has 0 atom stereocenters. The zero-order valence-corrected chi connectivity index (χ0v) is 35.4. The molecular weight excluding hydrogens is 848 g/mol. The van der Waals surface area contributed by atoms with Crippen LogP contribution in [0.5, 0.6) is 0 Å². The summed E-state index contributed by atoms with van der Waals surface area (Å²) >= 11 is 6.46. The number of carboxylic acid groups (broad SMARTS) is 1. The quantitative estimate of drug-likeness (QED) is 0.110. The van der Waals surface area contributed by atoms with Gasteiger partial charge in [0.05, 0.1) is 22.6 Å². The summed E-state index contributed by atoms with van der Waals surface area (Å²) in [5, 5.41) is 11.6. The van der Waals surface area contributed by atoms with Crippen molar-refractivity contribution in [2.75, 3.05) is 0 Å². The SMILES string of the molecule is CC(C)(C)NS(=O)(=O)c1cc(CC(=O)NCc2ccccc2)ccc1Br.CC(C)(C)NS(=O)(=O)c1cc(CC(=O)O)ccc1Br.NCc1ccccc1. The van der Waals surface area contributed by atoms with E-state index in [1.807, 2.05) is 60.7 Å². The minimum absolute atomic E-state index is 0.0428. The Morgan fingerprint density at radius 1 is 0.623 bits per heavy atom. The molecule has 0 saturated heterocycles. The average molecular weight is 897 g/mol. The standard InChI is InChI=1S/C19H23BrN2O3S.C12H16BrNO4S.C7H9N/c1-19(2,3)22-26(24,25)17-11-15(9-10-16(17)20)12-18(23)21-13-14-7-5-4-6-8-14;1-12(2,3)14-19(17,18)10-6-8(7-11(15)16)4-5-9(10)13;8-6-7-4-2-1-3-5-7/h4-11,22H,12-13H2,1-3H3,(H,21,23);4-6,14H,7H2,1-3H3,(H,15,16);1-5H,6,8H2. The van der Waals surface area contributed by atoms with Crippen molar-refractivity contribution in [1.29, 1.82) is 0 Å². The number of carbonyl (C=O) groups excluding carboxylic acids is 1. The number of rotatable bonds is 11. The van der Waals surface area contributed by atoms with Crippen molar-refractivity contribution in [3.63, 3.8) is 0 Å². The second-order valence-corrected chi connectivity index (χ2v) is 19.0. The van der Waals surface area contributed by atoms with Gasteiger partial charge < -0.3 is 16.2 Å². The fourth-order valence-electron chi connectivity index (χ4n) is 4.48. The normalized spacial score (nSPS) is 11.7. The highest BCUT2D eigenvalue weighted by Crippen LogP contribution is 2.26. The maximum atomic E-state index is 12.6. The summed E-state index contributed by atoms with van der Waals surface area (Å²) in [6.07, 6.45) is -0.108. The highest BCUT2D eigenvalue weighted by atomic mass is 79.9. The van der Waals surface area contributed by atoms with Gasteiger partial charge >= 0.3 is 5.97 Å². The van der Waals surface area contributed by atoms with E-state index in [0.717, 1.165) is 5.56 Å². The molecule has 0 bridgehead atoms. The minimum Gasteiger partial charge on any atom is -0.481 e. The van der Waals surface area contributed by atoms with Crippen molar-refractivity contribution in [2.45, 2.75) is 88.3 Å². The molecule has 0 spiro atoms. The van der Waals surface area contributed by atoms with Gasteiger partial charge in [0, 0.05) is 33.1 Å². The lowest BCUT2D eigenvalue weighted by Gasteiger charge is -2.21. The summed E-state index contributed by atoms with van der Waals surface area (Å²) in [5.41, 5.74) is 7.41. The van der Waals surface area contributed by atoms with Crippen LogP contribution >= 0.6 is 31.9 Å². The van der Waals surface area contributed by atoms with Crippen molar-refractivity contribution in [3.8, 4) is 0 Å². The van der Waals surface area contributed by atoms with Crippen LogP contribution < -0.4 is 20.5 Å². The first-order valence-electron chi connectivity index (χ1n) is 16.4. The molecule has 4 aromatic carbocycles. The summed E-state index contributed by atoms with van der Waals surface area (Å²) in [4.78, 5) is 23.0. The number of carboxylic acids is 1. The lowest BCUT2D eigenvalue weighted by Crippen LogP contribution is -2.40. The van der Waals surface area contributed by atoms with Crippen molar-refractivity contribution in [2.24, 2.45) is 5.73 Å². The molecule has 0 aliphatic heterocycles. The third kappa shape index (κ3) is 17.5. The molecule has 0 heterocycles. The fourth-order valence-corrected chi connectivity index (χ4v) is 9.34. The molecule has 0 unspecified atom stereocenters. The van der Waals surface area contributed by atoms with Crippen LogP contribution in [0.2, 0.25) is 0 Å². The number of hydrogen-bond acceptors (Lipinski definition) is 7. The monoisotopic (exact) mass is 894 g/mol. The van der Waals surface area contributed by atoms with E-state index in [0.29, 0.717) is 33.2 Å². The zero-order valence-electron chi connectivity index (χ0n) is 30.6. The van der Waals surface area contributed by atoms with Crippen LogP contribution in [-0.2, 0) is 55.6 Å². The van der Waals surface area contributed by atoms with Crippen LogP contribution in [0.3, 0.4) is 0 Å². The molecule has 1 amide bonds. The van der Waals surface area contributed by atoms with Gasteiger partial charge in [0.1, 0.15) is 0 Å². The topological polar surface area (TPSA) is 185 Å². The van der Waals surface area contributed by atoms with E-state index < -0.39 is 37.1 Å². The highest BCUT2D eigenvalue weighted by Gasteiger charge is 2.26. The predicted molar refractivity (Wildman–Crippen MR) is 216 cm³/mol. The Hall–Kier alpha value is -3.44. The van der Waals surface area contributed by atoms with Crippen LogP contribution in [0.15, 0.2) is 116 Å². The fraction of sp³-hybridized carbons (Fsp3) is 0.316. The van der Waals surface area contributed by atoms with Gasteiger partial charge in [-0.1, -0.05) is 72.8 Å². The van der Waals surface area contributed by atoms with Crippen molar-refractivity contribution >= 4 is 63.8 Å². The Labute approximate surface area is 330 Å². The van der Waals surface area contributed by atoms with E-state index in [2.05, 4.69) is 46.6 Å². The number of amides is 1. The molecule has 0 saturated carbocycles. The molecule has 0 aliphatic carbocycles. The first-order valence-corrected chi connectivity index (χ1v) is 21.0. The number of carbonyl (C=O) groups is 2. The van der Waals surface area contributed by atoms with E-state index in [1.54, 1.807) is 59.7 Å². The van der Waals surface area contributed by atoms with Crippen LogP contribution in [0, 0.1) is 0 Å². The van der Waals surface area contributed by atoms with Crippen LogP contribution in [-0.4, -0.2) is 44.9 Å².